The van der Waals surface area contributed by atoms with Gasteiger partial charge in [0.2, 0.25) is 0 Å². The van der Waals surface area contributed by atoms with E-state index in [2.05, 4.69) is 10.6 Å². The summed E-state index contributed by atoms with van der Waals surface area (Å²) >= 11 is 0. The van der Waals surface area contributed by atoms with Crippen molar-refractivity contribution in [1.29, 1.82) is 0 Å². The molecule has 0 saturated heterocycles. The van der Waals surface area contributed by atoms with Crippen molar-refractivity contribution in [1.82, 2.24) is 10.6 Å². The number of carbonyl (C=O) groups is 2. The number of hydrogen-bond donors (Lipinski definition) is 3. The average molecular weight is 242 g/mol. The van der Waals surface area contributed by atoms with Gasteiger partial charge in [-0.1, -0.05) is 19.8 Å². The van der Waals surface area contributed by atoms with Crippen molar-refractivity contribution in [2.24, 2.45) is 5.41 Å². The summed E-state index contributed by atoms with van der Waals surface area (Å²) in [7, 11) is 0. The molecular weight excluding hydrogens is 220 g/mol. The van der Waals surface area contributed by atoms with Gasteiger partial charge in [-0.3, -0.25) is 4.79 Å². The average Bonchev–Trinajstić information content (AvgIpc) is 2.29. The molecule has 0 aromatic rings. The largest absolute Gasteiger partial charge is 0.481 e. The zero-order valence-corrected chi connectivity index (χ0v) is 10.6. The summed E-state index contributed by atoms with van der Waals surface area (Å²) in [6, 6.07) is -0.531. The molecule has 0 aliphatic heterocycles. The first-order valence-electron chi connectivity index (χ1n) is 6.28. The van der Waals surface area contributed by atoms with Crippen LogP contribution in [-0.4, -0.2) is 29.7 Å². The maximum atomic E-state index is 11.6. The van der Waals surface area contributed by atoms with E-state index < -0.39 is 11.4 Å². The lowest BCUT2D eigenvalue weighted by molar-refractivity contribution is -0.151. The molecule has 2 amide bonds. The molecule has 0 bridgehead atoms. The van der Waals surface area contributed by atoms with Crippen LogP contribution in [0.2, 0.25) is 0 Å². The molecule has 1 aliphatic rings. The molecule has 3 N–H and O–H groups in total. The highest BCUT2D eigenvalue weighted by atomic mass is 16.4. The van der Waals surface area contributed by atoms with Crippen LogP contribution in [-0.2, 0) is 4.79 Å². The number of aliphatic carboxylic acids is 1. The maximum Gasteiger partial charge on any atom is 0.315 e. The number of hydrogen-bond acceptors (Lipinski definition) is 2. The van der Waals surface area contributed by atoms with E-state index in [0.717, 1.165) is 25.7 Å². The van der Waals surface area contributed by atoms with Crippen LogP contribution in [0.4, 0.5) is 4.79 Å². The Kier molecular flexibility index (Phi) is 4.78. The summed E-state index contributed by atoms with van der Waals surface area (Å²) in [6.07, 6.45) is 4.12. The third kappa shape index (κ3) is 3.35. The minimum Gasteiger partial charge on any atom is -0.481 e. The third-order valence-electron chi connectivity index (χ3n) is 3.54. The topological polar surface area (TPSA) is 78.4 Å². The molecule has 0 aromatic carbocycles. The Bertz CT molecular complexity index is 293. The predicted molar refractivity (Wildman–Crippen MR) is 64.8 cm³/mol. The van der Waals surface area contributed by atoms with Crippen LogP contribution in [0, 0.1) is 5.41 Å². The molecule has 0 radical (unpaired) electrons. The van der Waals surface area contributed by atoms with E-state index in [-0.39, 0.29) is 12.1 Å². The van der Waals surface area contributed by atoms with E-state index in [0.29, 0.717) is 13.0 Å². The fraction of sp³-hybridized carbons (Fsp3) is 0.833. The van der Waals surface area contributed by atoms with E-state index in [4.69, 9.17) is 0 Å². The van der Waals surface area contributed by atoms with Crippen molar-refractivity contribution in [3.8, 4) is 0 Å². The van der Waals surface area contributed by atoms with Crippen LogP contribution < -0.4 is 10.6 Å². The van der Waals surface area contributed by atoms with E-state index in [9.17, 15) is 14.7 Å². The second kappa shape index (κ2) is 5.89. The summed E-state index contributed by atoms with van der Waals surface area (Å²) in [5, 5.41) is 14.8. The van der Waals surface area contributed by atoms with Crippen LogP contribution in [0.25, 0.3) is 0 Å². The molecule has 17 heavy (non-hydrogen) atoms. The van der Waals surface area contributed by atoms with Crippen LogP contribution in [0.5, 0.6) is 0 Å². The van der Waals surface area contributed by atoms with Gasteiger partial charge in [0.1, 0.15) is 0 Å². The second-order valence-electron chi connectivity index (χ2n) is 4.92. The normalized spacial score (nSPS) is 28.5. The molecule has 2 atom stereocenters. The molecule has 0 heterocycles. The fourth-order valence-electron chi connectivity index (χ4n) is 2.27. The van der Waals surface area contributed by atoms with Crippen molar-refractivity contribution in [3.05, 3.63) is 0 Å². The molecule has 1 aliphatic carbocycles. The summed E-state index contributed by atoms with van der Waals surface area (Å²) in [6.45, 7) is 4.31. The maximum absolute atomic E-state index is 11.6. The monoisotopic (exact) mass is 242 g/mol. The van der Waals surface area contributed by atoms with Crippen molar-refractivity contribution in [2.45, 2.75) is 52.0 Å². The molecular formula is C12H22N2O3. The zero-order chi connectivity index (χ0) is 12.9. The van der Waals surface area contributed by atoms with Crippen LogP contribution in [0.1, 0.15) is 46.0 Å². The molecule has 1 rings (SSSR count). The first-order chi connectivity index (χ1) is 8.00. The van der Waals surface area contributed by atoms with Gasteiger partial charge in [0.05, 0.1) is 5.41 Å². The van der Waals surface area contributed by atoms with E-state index >= 15 is 0 Å². The number of nitrogens with one attached hydrogen (secondary N) is 2. The van der Waals surface area contributed by atoms with E-state index in [1.165, 1.54) is 0 Å². The van der Waals surface area contributed by atoms with Gasteiger partial charge in [-0.05, 0) is 26.2 Å². The fourth-order valence-corrected chi connectivity index (χ4v) is 2.27. The third-order valence-corrected chi connectivity index (χ3v) is 3.54. The lowest BCUT2D eigenvalue weighted by atomic mass is 9.72. The summed E-state index contributed by atoms with van der Waals surface area (Å²) in [5.41, 5.74) is -0.832. The van der Waals surface area contributed by atoms with Gasteiger partial charge in [0.15, 0.2) is 0 Å². The molecule has 98 valence electrons. The minimum absolute atomic E-state index is 0.258. The summed E-state index contributed by atoms with van der Waals surface area (Å²) < 4.78 is 0. The molecule has 2 unspecified atom stereocenters. The minimum atomic E-state index is -0.832. The standard InChI is InChI=1S/C12H22N2O3/c1-3-8-13-11(17)14-9-6-4-5-7-12(9,2)10(15)16/h9H,3-8H2,1-2H3,(H,15,16)(H2,13,14,17). The number of rotatable bonds is 4. The van der Waals surface area contributed by atoms with Crippen molar-refractivity contribution < 1.29 is 14.7 Å². The molecule has 5 nitrogen and oxygen atoms in total. The number of urea groups is 1. The summed E-state index contributed by atoms with van der Waals surface area (Å²) in [5.74, 6) is -0.821. The number of carbonyl (C=O) groups excluding carboxylic acids is 1. The second-order valence-corrected chi connectivity index (χ2v) is 4.92. The van der Waals surface area contributed by atoms with Crippen molar-refractivity contribution >= 4 is 12.0 Å². The highest BCUT2D eigenvalue weighted by molar-refractivity contribution is 5.79. The Morgan fingerprint density at radius 3 is 2.71 bits per heavy atom. The lowest BCUT2D eigenvalue weighted by Crippen LogP contribution is -2.54. The van der Waals surface area contributed by atoms with Gasteiger partial charge in [-0.2, -0.15) is 0 Å². The Hall–Kier alpha value is -1.26. The Labute approximate surface area is 102 Å². The Morgan fingerprint density at radius 1 is 1.41 bits per heavy atom. The Balaban J connectivity index is 2.60. The molecule has 1 saturated carbocycles. The van der Waals surface area contributed by atoms with Gasteiger partial charge in [0.25, 0.3) is 0 Å². The van der Waals surface area contributed by atoms with Gasteiger partial charge < -0.3 is 15.7 Å². The number of carboxylic acid groups (broad SMARTS) is 1. The first kappa shape index (κ1) is 13.8. The van der Waals surface area contributed by atoms with Crippen LogP contribution >= 0.6 is 0 Å². The molecule has 5 heteroatoms. The van der Waals surface area contributed by atoms with Crippen molar-refractivity contribution in [3.63, 3.8) is 0 Å². The quantitative estimate of drug-likeness (QED) is 0.702. The smallest absolute Gasteiger partial charge is 0.315 e. The lowest BCUT2D eigenvalue weighted by Gasteiger charge is -2.38. The van der Waals surface area contributed by atoms with Gasteiger partial charge in [0, 0.05) is 12.6 Å². The Morgan fingerprint density at radius 2 is 2.12 bits per heavy atom. The molecule has 1 fully saturated rings. The highest BCUT2D eigenvalue weighted by Crippen LogP contribution is 2.36. The van der Waals surface area contributed by atoms with E-state index in [1.54, 1.807) is 6.92 Å². The van der Waals surface area contributed by atoms with Crippen LogP contribution in [0.3, 0.4) is 0 Å². The highest BCUT2D eigenvalue weighted by Gasteiger charge is 2.43. The first-order valence-corrected chi connectivity index (χ1v) is 6.28. The van der Waals surface area contributed by atoms with Crippen molar-refractivity contribution in [2.75, 3.05) is 6.54 Å². The van der Waals surface area contributed by atoms with E-state index in [1.807, 2.05) is 6.92 Å². The van der Waals surface area contributed by atoms with Crippen LogP contribution in [0.15, 0.2) is 0 Å². The predicted octanol–water partition coefficient (Wildman–Crippen LogP) is 1.73. The molecule has 0 spiro atoms. The van der Waals surface area contributed by atoms with Gasteiger partial charge in [-0.25, -0.2) is 4.79 Å². The van der Waals surface area contributed by atoms with Gasteiger partial charge >= 0.3 is 12.0 Å². The molecule has 0 aromatic heterocycles. The van der Waals surface area contributed by atoms with Gasteiger partial charge in [-0.15, -0.1) is 0 Å². The number of amides is 2. The SMILES string of the molecule is CCCNC(=O)NC1CCCCC1(C)C(=O)O. The number of carboxylic acids is 1. The summed E-state index contributed by atoms with van der Waals surface area (Å²) in [4.78, 5) is 22.9. The zero-order valence-electron chi connectivity index (χ0n) is 10.6.